The molecule has 0 fully saturated rings. The van der Waals surface area contributed by atoms with Crippen molar-refractivity contribution in [2.24, 2.45) is 0 Å². The van der Waals surface area contributed by atoms with Crippen LogP contribution in [0.5, 0.6) is 0 Å². The van der Waals surface area contributed by atoms with Crippen LogP contribution in [0.1, 0.15) is 79.1 Å². The molecule has 1 heteroatoms. The molecule has 0 radical (unpaired) electrons. The van der Waals surface area contributed by atoms with Gasteiger partial charge < -0.3 is 0 Å². The summed E-state index contributed by atoms with van der Waals surface area (Å²) >= 11 is -1.26. The predicted molar refractivity (Wildman–Crippen MR) is 84.6 cm³/mol. The Morgan fingerprint density at radius 1 is 0.471 bits per heavy atom. The molecule has 0 aliphatic rings. The van der Waals surface area contributed by atoms with Crippen molar-refractivity contribution < 1.29 is 0 Å². The first-order valence-electron chi connectivity index (χ1n) is 8.09. The van der Waals surface area contributed by atoms with Crippen molar-refractivity contribution in [3.8, 4) is 0 Å². The molecule has 0 amide bonds. The van der Waals surface area contributed by atoms with Crippen LogP contribution in [-0.2, 0) is 0 Å². The Balaban J connectivity index is 4.39. The number of rotatable bonds is 12. The topological polar surface area (TPSA) is 0 Å². The van der Waals surface area contributed by atoms with Gasteiger partial charge in [0.15, 0.2) is 0 Å². The molecule has 0 aromatic heterocycles. The van der Waals surface area contributed by atoms with Crippen molar-refractivity contribution in [1.29, 1.82) is 0 Å². The molecule has 0 rings (SSSR count). The molecular formula is C16H36As+. The normalized spacial score (nSPS) is 12.0. The first kappa shape index (κ1) is 17.6. The molecule has 17 heavy (non-hydrogen) atoms. The average Bonchev–Trinajstić information content (AvgIpc) is 2.37. The van der Waals surface area contributed by atoms with E-state index in [0.717, 1.165) is 0 Å². The van der Waals surface area contributed by atoms with Gasteiger partial charge in [-0.3, -0.25) is 0 Å². The van der Waals surface area contributed by atoms with E-state index in [1.54, 1.807) is 20.8 Å². The van der Waals surface area contributed by atoms with E-state index in [0.29, 0.717) is 0 Å². The molecule has 0 unspecified atom stereocenters. The molecule has 0 saturated heterocycles. The van der Waals surface area contributed by atoms with Crippen molar-refractivity contribution in [2.75, 3.05) is 0 Å². The van der Waals surface area contributed by atoms with E-state index in [-0.39, 0.29) is 0 Å². The molecule has 0 atom stereocenters. The molecule has 0 N–H and O–H groups in total. The molecule has 0 spiro atoms. The second-order valence-electron chi connectivity index (χ2n) is 5.65. The summed E-state index contributed by atoms with van der Waals surface area (Å²) in [6.07, 6.45) is 11.7. The van der Waals surface area contributed by atoms with Crippen LogP contribution in [0, 0.1) is 0 Å². The summed E-state index contributed by atoms with van der Waals surface area (Å²) in [5.41, 5.74) is 0. The van der Waals surface area contributed by atoms with Gasteiger partial charge >= 0.3 is 113 Å². The van der Waals surface area contributed by atoms with Crippen LogP contribution < -0.4 is 0 Å². The zero-order chi connectivity index (χ0) is 13.0. The quantitative estimate of drug-likeness (QED) is 0.355. The average molecular weight is 303 g/mol. The summed E-state index contributed by atoms with van der Waals surface area (Å²) in [4.78, 5) is 0. The number of unbranched alkanes of at least 4 members (excludes halogenated alkanes) is 4. The summed E-state index contributed by atoms with van der Waals surface area (Å²) in [5, 5.41) is 6.65. The fourth-order valence-corrected chi connectivity index (χ4v) is 13.7. The zero-order valence-electron chi connectivity index (χ0n) is 12.9. The van der Waals surface area contributed by atoms with E-state index in [4.69, 9.17) is 0 Å². The van der Waals surface area contributed by atoms with Gasteiger partial charge in [-0.05, 0) is 0 Å². The molecule has 0 aromatic rings. The van der Waals surface area contributed by atoms with Crippen LogP contribution in [0.2, 0.25) is 20.8 Å². The monoisotopic (exact) mass is 303 g/mol. The van der Waals surface area contributed by atoms with Gasteiger partial charge in [-0.2, -0.15) is 0 Å². The Morgan fingerprint density at radius 3 is 0.882 bits per heavy atom. The molecule has 104 valence electrons. The van der Waals surface area contributed by atoms with Crippen molar-refractivity contribution in [3.05, 3.63) is 0 Å². The number of hydrogen-bond acceptors (Lipinski definition) is 0. The summed E-state index contributed by atoms with van der Waals surface area (Å²) in [7, 11) is 0. The summed E-state index contributed by atoms with van der Waals surface area (Å²) < 4.78 is 0. The molecular weight excluding hydrogens is 267 g/mol. The van der Waals surface area contributed by atoms with E-state index in [1.165, 1.54) is 51.4 Å². The molecule has 0 bridgehead atoms. The van der Waals surface area contributed by atoms with Gasteiger partial charge in [0.25, 0.3) is 0 Å². The van der Waals surface area contributed by atoms with Crippen molar-refractivity contribution in [3.63, 3.8) is 0 Å². The predicted octanol–water partition coefficient (Wildman–Crippen LogP) is 6.64. The maximum atomic E-state index is 2.37. The third-order valence-corrected chi connectivity index (χ3v) is 14.6. The Morgan fingerprint density at radius 2 is 0.706 bits per heavy atom. The van der Waals surface area contributed by atoms with Gasteiger partial charge in [-0.1, -0.05) is 0 Å². The van der Waals surface area contributed by atoms with E-state index < -0.39 is 13.6 Å². The molecule has 0 aliphatic heterocycles. The van der Waals surface area contributed by atoms with E-state index in [1.807, 2.05) is 0 Å². The van der Waals surface area contributed by atoms with Crippen LogP contribution >= 0.6 is 0 Å². The molecule has 0 nitrogen and oxygen atoms in total. The number of hydrogen-bond donors (Lipinski definition) is 0. The molecule has 0 aliphatic carbocycles. The van der Waals surface area contributed by atoms with Crippen LogP contribution in [0.15, 0.2) is 0 Å². The van der Waals surface area contributed by atoms with Crippen LogP contribution in [-0.4, -0.2) is 13.6 Å². The zero-order valence-corrected chi connectivity index (χ0v) is 14.8. The second kappa shape index (κ2) is 11.6. The first-order valence-corrected chi connectivity index (χ1v) is 13.4. The summed E-state index contributed by atoms with van der Waals surface area (Å²) in [6.45, 7) is 9.46. The third kappa shape index (κ3) is 8.30. The molecule has 0 aromatic carbocycles. The standard InChI is InChI=1S/C16H36As/c1-5-9-13-17(14-10-6-2,15-11-7-3)16-12-8-4/h5-16H2,1-4H3/q+1. The molecule has 0 saturated carbocycles. The first-order chi connectivity index (χ1) is 8.24. The van der Waals surface area contributed by atoms with Crippen LogP contribution in [0.4, 0.5) is 0 Å². The molecule has 0 heterocycles. The van der Waals surface area contributed by atoms with Crippen molar-refractivity contribution >= 4 is 13.6 Å². The van der Waals surface area contributed by atoms with Crippen molar-refractivity contribution in [1.82, 2.24) is 0 Å². The minimum absolute atomic E-state index is 1.26. The fourth-order valence-electron chi connectivity index (χ4n) is 2.64. The summed E-state index contributed by atoms with van der Waals surface area (Å²) in [6, 6.07) is 0. The van der Waals surface area contributed by atoms with E-state index in [9.17, 15) is 0 Å². The maximum absolute atomic E-state index is 2.37. The van der Waals surface area contributed by atoms with Gasteiger partial charge in [-0.25, -0.2) is 0 Å². The summed E-state index contributed by atoms with van der Waals surface area (Å²) in [5.74, 6) is 0. The SMILES string of the molecule is CCCC[As+](CCCC)(CCCC)CCCC. The Hall–Kier alpha value is 0.558. The van der Waals surface area contributed by atoms with Gasteiger partial charge in [0, 0.05) is 0 Å². The fraction of sp³-hybridized carbons (Fsp3) is 1.00. The van der Waals surface area contributed by atoms with Gasteiger partial charge in [0.2, 0.25) is 0 Å². The van der Waals surface area contributed by atoms with Gasteiger partial charge in [0.1, 0.15) is 0 Å². The Kier molecular flexibility index (Phi) is 12.0. The minimum atomic E-state index is -1.26. The van der Waals surface area contributed by atoms with Gasteiger partial charge in [0.05, 0.1) is 0 Å². The van der Waals surface area contributed by atoms with Gasteiger partial charge in [-0.15, -0.1) is 0 Å². The Bertz CT molecular complexity index is 116. The van der Waals surface area contributed by atoms with Crippen molar-refractivity contribution in [2.45, 2.75) is 99.9 Å². The third-order valence-electron chi connectivity index (χ3n) is 3.94. The van der Waals surface area contributed by atoms with Crippen LogP contribution in [0.3, 0.4) is 0 Å². The second-order valence-corrected chi connectivity index (χ2v) is 15.0. The van der Waals surface area contributed by atoms with Crippen LogP contribution in [0.25, 0.3) is 0 Å². The van der Waals surface area contributed by atoms with E-state index in [2.05, 4.69) is 27.7 Å². The van der Waals surface area contributed by atoms with E-state index >= 15 is 0 Å². The Labute approximate surface area is 113 Å².